The van der Waals surface area contributed by atoms with Crippen molar-refractivity contribution >= 4 is 23.4 Å². The van der Waals surface area contributed by atoms with Crippen molar-refractivity contribution < 1.29 is 14.4 Å². The van der Waals surface area contributed by atoms with E-state index in [9.17, 15) is 14.4 Å². The van der Waals surface area contributed by atoms with Crippen LogP contribution < -0.4 is 16.0 Å². The highest BCUT2D eigenvalue weighted by Gasteiger charge is 2.48. The van der Waals surface area contributed by atoms with Crippen LogP contribution in [0.25, 0.3) is 0 Å². The van der Waals surface area contributed by atoms with Gasteiger partial charge in [0.05, 0.1) is 47.5 Å². The molecular formula is C37H45N9O3. The topological polar surface area (TPSA) is 129 Å². The van der Waals surface area contributed by atoms with E-state index in [0.717, 1.165) is 70.5 Å². The van der Waals surface area contributed by atoms with Crippen LogP contribution in [0.2, 0.25) is 0 Å². The third-order valence-electron chi connectivity index (χ3n) is 10.5. The van der Waals surface area contributed by atoms with Crippen LogP contribution in [0.1, 0.15) is 92.0 Å². The second kappa shape index (κ2) is 13.6. The molecule has 0 unspecified atom stereocenters. The molecule has 7 rings (SSSR count). The summed E-state index contributed by atoms with van der Waals surface area (Å²) in [6, 6.07) is 15.9. The lowest BCUT2D eigenvalue weighted by Gasteiger charge is -2.53. The zero-order chi connectivity index (χ0) is 34.1. The Kier molecular flexibility index (Phi) is 9.08. The van der Waals surface area contributed by atoms with Gasteiger partial charge in [-0.05, 0) is 94.1 Å². The Labute approximate surface area is 286 Å². The van der Waals surface area contributed by atoms with Crippen molar-refractivity contribution in [2.45, 2.75) is 70.2 Å². The summed E-state index contributed by atoms with van der Waals surface area (Å²) in [7, 11) is 3.53. The largest absolute Gasteiger partial charge is 0.345 e. The van der Waals surface area contributed by atoms with E-state index < -0.39 is 0 Å². The van der Waals surface area contributed by atoms with E-state index in [1.807, 2.05) is 35.9 Å². The molecule has 5 heterocycles. The van der Waals surface area contributed by atoms with Crippen LogP contribution in [0.4, 0.5) is 5.69 Å². The Hall–Kier alpha value is -4.81. The minimum atomic E-state index is -0.212. The summed E-state index contributed by atoms with van der Waals surface area (Å²) in [4.78, 5) is 47.4. The first-order valence-corrected chi connectivity index (χ1v) is 17.3. The molecule has 49 heavy (non-hydrogen) atoms. The Morgan fingerprint density at radius 1 is 0.959 bits per heavy atom. The standard InChI is InChI=1S/C37H45N9O3/c1-25-31(23-41-46(25)30-13-17-38-18-14-30)34(47)42-29-10-9-28(39-22-29)21-40-35(48)32-11-12-33-37(15-4-16-37)44(19-20-45(32)33)24-26-5-7-27(8-6-26)36(49)43(2)3/h5-12,22-23,30,38H,4,13-21,24H2,1-3H3,(H,40,48)(H,42,47). The molecule has 1 saturated carbocycles. The highest BCUT2D eigenvalue weighted by molar-refractivity contribution is 6.04. The number of hydrogen-bond donors (Lipinski definition) is 3. The molecule has 256 valence electrons. The highest BCUT2D eigenvalue weighted by Crippen LogP contribution is 2.49. The molecule has 1 saturated heterocycles. The first kappa shape index (κ1) is 32.7. The maximum Gasteiger partial charge on any atom is 0.268 e. The van der Waals surface area contributed by atoms with E-state index in [0.29, 0.717) is 34.2 Å². The van der Waals surface area contributed by atoms with Gasteiger partial charge in [0.1, 0.15) is 5.69 Å². The quantitative estimate of drug-likeness (QED) is 0.246. The molecule has 1 aliphatic carbocycles. The van der Waals surface area contributed by atoms with E-state index in [2.05, 4.69) is 53.7 Å². The van der Waals surface area contributed by atoms with Crippen molar-refractivity contribution in [2.24, 2.45) is 0 Å². The molecule has 1 aromatic carbocycles. The number of hydrogen-bond acceptors (Lipinski definition) is 7. The lowest BCUT2D eigenvalue weighted by molar-refractivity contribution is -0.0217. The molecule has 3 amide bonds. The van der Waals surface area contributed by atoms with Crippen molar-refractivity contribution in [1.82, 2.24) is 39.8 Å². The summed E-state index contributed by atoms with van der Waals surface area (Å²) in [5, 5.41) is 13.9. The van der Waals surface area contributed by atoms with Crippen LogP contribution in [0.15, 0.2) is 60.9 Å². The van der Waals surface area contributed by atoms with Crippen LogP contribution >= 0.6 is 0 Å². The number of rotatable bonds is 9. The fourth-order valence-electron chi connectivity index (χ4n) is 7.58. The zero-order valence-corrected chi connectivity index (χ0v) is 28.5. The van der Waals surface area contributed by atoms with Gasteiger partial charge >= 0.3 is 0 Å². The van der Waals surface area contributed by atoms with Crippen LogP contribution in [0.5, 0.6) is 0 Å². The van der Waals surface area contributed by atoms with Crippen LogP contribution in [0.3, 0.4) is 0 Å². The number of fused-ring (bicyclic) bond motifs is 2. The zero-order valence-electron chi connectivity index (χ0n) is 28.5. The molecule has 0 bridgehead atoms. The van der Waals surface area contributed by atoms with Gasteiger partial charge in [0.15, 0.2) is 0 Å². The third-order valence-corrected chi connectivity index (χ3v) is 10.5. The van der Waals surface area contributed by atoms with Crippen LogP contribution in [0, 0.1) is 6.92 Å². The van der Waals surface area contributed by atoms with Gasteiger partial charge in [0, 0.05) is 50.7 Å². The molecule has 0 atom stereocenters. The lowest BCUT2D eigenvalue weighted by atomic mass is 9.71. The van der Waals surface area contributed by atoms with Gasteiger partial charge in [-0.2, -0.15) is 5.10 Å². The van der Waals surface area contributed by atoms with E-state index in [4.69, 9.17) is 0 Å². The number of nitrogens with zero attached hydrogens (tertiary/aromatic N) is 6. The number of carbonyl (C=O) groups is 3. The molecule has 3 aromatic heterocycles. The molecule has 12 heteroatoms. The maximum absolute atomic E-state index is 13.4. The van der Waals surface area contributed by atoms with Gasteiger partial charge < -0.3 is 25.4 Å². The molecule has 2 aliphatic heterocycles. The van der Waals surface area contributed by atoms with E-state index in [1.165, 1.54) is 11.3 Å². The molecule has 0 radical (unpaired) electrons. The molecule has 3 aliphatic rings. The first-order valence-electron chi connectivity index (χ1n) is 17.3. The second-order valence-electron chi connectivity index (χ2n) is 13.7. The number of carbonyl (C=O) groups excluding carboxylic acids is 3. The fraction of sp³-hybridized carbons (Fsp3) is 0.432. The number of amides is 3. The van der Waals surface area contributed by atoms with E-state index in [-0.39, 0.29) is 29.8 Å². The Bertz CT molecular complexity index is 1830. The van der Waals surface area contributed by atoms with Gasteiger partial charge in [0.25, 0.3) is 17.7 Å². The number of aromatic nitrogens is 4. The Morgan fingerprint density at radius 2 is 1.73 bits per heavy atom. The minimum Gasteiger partial charge on any atom is -0.345 e. The van der Waals surface area contributed by atoms with Crippen molar-refractivity contribution in [3.63, 3.8) is 0 Å². The summed E-state index contributed by atoms with van der Waals surface area (Å²) in [6.07, 6.45) is 8.53. The van der Waals surface area contributed by atoms with Crippen molar-refractivity contribution in [3.8, 4) is 0 Å². The van der Waals surface area contributed by atoms with Gasteiger partial charge in [-0.3, -0.25) is 28.9 Å². The first-order chi connectivity index (χ1) is 23.7. The molecular weight excluding hydrogens is 618 g/mol. The summed E-state index contributed by atoms with van der Waals surface area (Å²) in [5.74, 6) is -0.339. The third kappa shape index (κ3) is 6.38. The smallest absolute Gasteiger partial charge is 0.268 e. The lowest BCUT2D eigenvalue weighted by Crippen LogP contribution is -2.56. The Morgan fingerprint density at radius 3 is 2.41 bits per heavy atom. The van der Waals surface area contributed by atoms with Crippen LogP contribution in [-0.2, 0) is 25.2 Å². The van der Waals surface area contributed by atoms with E-state index in [1.54, 1.807) is 37.5 Å². The molecule has 1 spiro atoms. The Balaban J connectivity index is 0.956. The summed E-state index contributed by atoms with van der Waals surface area (Å²) >= 11 is 0. The number of nitrogens with one attached hydrogen (secondary N) is 3. The predicted octanol–water partition coefficient (Wildman–Crippen LogP) is 4.09. The number of benzene rings is 1. The van der Waals surface area contributed by atoms with E-state index >= 15 is 0 Å². The predicted molar refractivity (Wildman–Crippen MR) is 186 cm³/mol. The average Bonchev–Trinajstić information content (AvgIpc) is 3.71. The molecule has 3 N–H and O–H groups in total. The van der Waals surface area contributed by atoms with Gasteiger partial charge in [-0.25, -0.2) is 0 Å². The van der Waals surface area contributed by atoms with Gasteiger partial charge in [-0.1, -0.05) is 12.1 Å². The molecule has 12 nitrogen and oxygen atoms in total. The highest BCUT2D eigenvalue weighted by atomic mass is 16.2. The number of piperidine rings is 1. The second-order valence-corrected chi connectivity index (χ2v) is 13.7. The fourth-order valence-corrected chi connectivity index (χ4v) is 7.58. The number of pyridine rings is 1. The van der Waals surface area contributed by atoms with Gasteiger partial charge in [-0.15, -0.1) is 0 Å². The summed E-state index contributed by atoms with van der Waals surface area (Å²) in [6.45, 7) is 6.50. The van der Waals surface area contributed by atoms with Crippen molar-refractivity contribution in [3.05, 3.63) is 100 Å². The van der Waals surface area contributed by atoms with Crippen LogP contribution in [-0.4, -0.2) is 80.6 Å². The minimum absolute atomic E-state index is 0.00268. The normalized spacial score (nSPS) is 17.3. The SMILES string of the molecule is Cc1c(C(=O)Nc2ccc(CNC(=O)c3ccc4n3CCN(Cc3ccc(C(=O)N(C)C)cc3)C43CCC3)nc2)cnn1C1CCNCC1. The van der Waals surface area contributed by atoms with Gasteiger partial charge in [0.2, 0.25) is 0 Å². The number of anilines is 1. The molecule has 2 fully saturated rings. The summed E-state index contributed by atoms with van der Waals surface area (Å²) in [5.41, 5.74) is 6.36. The van der Waals surface area contributed by atoms with Crippen molar-refractivity contribution in [2.75, 3.05) is 39.0 Å². The average molecular weight is 664 g/mol. The summed E-state index contributed by atoms with van der Waals surface area (Å²) < 4.78 is 4.16. The maximum atomic E-state index is 13.4. The van der Waals surface area contributed by atoms with Crippen molar-refractivity contribution in [1.29, 1.82) is 0 Å². The molecule has 4 aromatic rings. The monoisotopic (exact) mass is 663 g/mol.